The van der Waals surface area contributed by atoms with E-state index in [2.05, 4.69) is 6.92 Å². The van der Waals surface area contributed by atoms with Crippen LogP contribution in [0.2, 0.25) is 0 Å². The molecule has 1 aromatic carbocycles. The van der Waals surface area contributed by atoms with Crippen LogP contribution in [0.4, 0.5) is 10.5 Å². The van der Waals surface area contributed by atoms with Gasteiger partial charge in [-0.05, 0) is 30.9 Å². The van der Waals surface area contributed by atoms with Crippen molar-refractivity contribution in [2.75, 3.05) is 32.1 Å². The molecule has 0 N–H and O–H groups in total. The standard InChI is InChI=1S/C15H22N2O2/c1-12-6-5-9-17(11-12)15(18)16(2)13-7-4-8-14(10-13)19-3/h4,7-8,10,12H,5-6,9,11H2,1-3H3. The predicted molar refractivity (Wildman–Crippen MR) is 76.8 cm³/mol. The SMILES string of the molecule is COc1cccc(N(C)C(=O)N2CCCC(C)C2)c1. The summed E-state index contributed by atoms with van der Waals surface area (Å²) in [4.78, 5) is 16.1. The Morgan fingerprint density at radius 1 is 1.47 bits per heavy atom. The fourth-order valence-electron chi connectivity index (χ4n) is 2.50. The molecular formula is C15H22N2O2. The number of carbonyl (C=O) groups is 1. The Balaban J connectivity index is 2.09. The highest BCUT2D eigenvalue weighted by Crippen LogP contribution is 2.23. The molecule has 0 spiro atoms. The molecule has 1 unspecified atom stereocenters. The Hall–Kier alpha value is -1.71. The summed E-state index contributed by atoms with van der Waals surface area (Å²) >= 11 is 0. The molecule has 4 heteroatoms. The molecular weight excluding hydrogens is 240 g/mol. The number of likely N-dealkylation sites (tertiary alicyclic amines) is 1. The number of amides is 2. The Bertz CT molecular complexity index is 448. The third-order valence-corrected chi connectivity index (χ3v) is 3.66. The van der Waals surface area contributed by atoms with E-state index in [1.165, 1.54) is 6.42 Å². The van der Waals surface area contributed by atoms with Crippen LogP contribution in [0.1, 0.15) is 19.8 Å². The number of hydrogen-bond donors (Lipinski definition) is 0. The van der Waals surface area contributed by atoms with Crippen molar-refractivity contribution in [1.82, 2.24) is 4.90 Å². The van der Waals surface area contributed by atoms with Crippen molar-refractivity contribution in [3.8, 4) is 5.75 Å². The minimum atomic E-state index is 0.0693. The molecule has 0 radical (unpaired) electrons. The maximum absolute atomic E-state index is 12.5. The van der Waals surface area contributed by atoms with Gasteiger partial charge >= 0.3 is 6.03 Å². The zero-order valence-electron chi connectivity index (χ0n) is 11.9. The highest BCUT2D eigenvalue weighted by atomic mass is 16.5. The molecule has 0 bridgehead atoms. The van der Waals surface area contributed by atoms with Gasteiger partial charge in [-0.25, -0.2) is 4.79 Å². The van der Waals surface area contributed by atoms with Crippen molar-refractivity contribution in [3.05, 3.63) is 24.3 Å². The molecule has 104 valence electrons. The largest absolute Gasteiger partial charge is 0.497 e. The van der Waals surface area contributed by atoms with Gasteiger partial charge in [-0.1, -0.05) is 13.0 Å². The number of hydrogen-bond acceptors (Lipinski definition) is 2. The molecule has 1 heterocycles. The molecule has 4 nitrogen and oxygen atoms in total. The van der Waals surface area contributed by atoms with Gasteiger partial charge in [0.05, 0.1) is 7.11 Å². The molecule has 1 aliphatic rings. The van der Waals surface area contributed by atoms with Crippen molar-refractivity contribution in [1.29, 1.82) is 0 Å². The molecule has 1 fully saturated rings. The van der Waals surface area contributed by atoms with Gasteiger partial charge in [0.25, 0.3) is 0 Å². The minimum Gasteiger partial charge on any atom is -0.497 e. The first-order chi connectivity index (χ1) is 9.11. The van der Waals surface area contributed by atoms with E-state index in [-0.39, 0.29) is 6.03 Å². The lowest BCUT2D eigenvalue weighted by Gasteiger charge is -2.34. The fraction of sp³-hybridized carbons (Fsp3) is 0.533. The van der Waals surface area contributed by atoms with Crippen LogP contribution in [0.3, 0.4) is 0 Å². The van der Waals surface area contributed by atoms with Gasteiger partial charge in [0, 0.05) is 31.9 Å². The normalized spacial score (nSPS) is 19.1. The van der Waals surface area contributed by atoms with Gasteiger partial charge in [0.15, 0.2) is 0 Å². The third kappa shape index (κ3) is 3.19. The van der Waals surface area contributed by atoms with Gasteiger partial charge in [-0.15, -0.1) is 0 Å². The van der Waals surface area contributed by atoms with E-state index < -0.39 is 0 Å². The summed E-state index contributed by atoms with van der Waals surface area (Å²) in [5.41, 5.74) is 0.863. The van der Waals surface area contributed by atoms with Crippen LogP contribution < -0.4 is 9.64 Å². The number of urea groups is 1. The van der Waals surface area contributed by atoms with E-state index in [0.717, 1.165) is 30.9 Å². The second-order valence-corrected chi connectivity index (χ2v) is 5.24. The van der Waals surface area contributed by atoms with E-state index in [1.807, 2.05) is 36.2 Å². The zero-order chi connectivity index (χ0) is 13.8. The van der Waals surface area contributed by atoms with E-state index in [9.17, 15) is 4.79 Å². The van der Waals surface area contributed by atoms with Crippen molar-refractivity contribution in [3.63, 3.8) is 0 Å². The van der Waals surface area contributed by atoms with E-state index in [4.69, 9.17) is 4.74 Å². The van der Waals surface area contributed by atoms with E-state index in [0.29, 0.717) is 5.92 Å². The number of piperidine rings is 1. The molecule has 1 saturated heterocycles. The first-order valence-electron chi connectivity index (χ1n) is 6.78. The predicted octanol–water partition coefficient (Wildman–Crippen LogP) is 2.98. The second kappa shape index (κ2) is 5.95. The first kappa shape index (κ1) is 13.7. The van der Waals surface area contributed by atoms with Crippen LogP contribution in [0.5, 0.6) is 5.75 Å². The monoisotopic (exact) mass is 262 g/mol. The average molecular weight is 262 g/mol. The topological polar surface area (TPSA) is 32.8 Å². The van der Waals surface area contributed by atoms with Gasteiger partial charge in [0.1, 0.15) is 5.75 Å². The Morgan fingerprint density at radius 2 is 2.26 bits per heavy atom. The van der Waals surface area contributed by atoms with Crippen LogP contribution in [0, 0.1) is 5.92 Å². The maximum Gasteiger partial charge on any atom is 0.324 e. The number of carbonyl (C=O) groups excluding carboxylic acids is 1. The van der Waals surface area contributed by atoms with Crippen molar-refractivity contribution in [2.45, 2.75) is 19.8 Å². The summed E-state index contributed by atoms with van der Waals surface area (Å²) in [6, 6.07) is 7.65. The molecule has 0 aromatic heterocycles. The number of nitrogens with zero attached hydrogens (tertiary/aromatic N) is 2. The van der Waals surface area contributed by atoms with Crippen LogP contribution in [0.25, 0.3) is 0 Å². The van der Waals surface area contributed by atoms with Crippen molar-refractivity contribution < 1.29 is 9.53 Å². The third-order valence-electron chi connectivity index (χ3n) is 3.66. The van der Waals surface area contributed by atoms with E-state index >= 15 is 0 Å². The maximum atomic E-state index is 12.5. The Labute approximate surface area is 115 Å². The number of rotatable bonds is 2. The summed E-state index contributed by atoms with van der Waals surface area (Å²) in [6.07, 6.45) is 2.31. The summed E-state index contributed by atoms with van der Waals surface area (Å²) in [5, 5.41) is 0. The van der Waals surface area contributed by atoms with Crippen LogP contribution in [0.15, 0.2) is 24.3 Å². The molecule has 19 heavy (non-hydrogen) atoms. The zero-order valence-corrected chi connectivity index (χ0v) is 11.9. The fourth-order valence-corrected chi connectivity index (χ4v) is 2.50. The number of anilines is 1. The summed E-state index contributed by atoms with van der Waals surface area (Å²) in [6.45, 7) is 3.91. The molecule has 0 aliphatic carbocycles. The number of ether oxygens (including phenoxy) is 1. The van der Waals surface area contributed by atoms with Gasteiger partial charge < -0.3 is 9.64 Å². The minimum absolute atomic E-state index is 0.0693. The van der Waals surface area contributed by atoms with E-state index in [1.54, 1.807) is 12.0 Å². The van der Waals surface area contributed by atoms with Gasteiger partial charge in [-0.3, -0.25) is 4.90 Å². The lowest BCUT2D eigenvalue weighted by Crippen LogP contribution is -2.45. The quantitative estimate of drug-likeness (QED) is 0.821. The van der Waals surface area contributed by atoms with Crippen LogP contribution >= 0.6 is 0 Å². The van der Waals surface area contributed by atoms with Crippen molar-refractivity contribution >= 4 is 11.7 Å². The Morgan fingerprint density at radius 3 is 2.95 bits per heavy atom. The van der Waals surface area contributed by atoms with Crippen LogP contribution in [-0.4, -0.2) is 38.2 Å². The smallest absolute Gasteiger partial charge is 0.324 e. The number of benzene rings is 1. The molecule has 2 amide bonds. The lowest BCUT2D eigenvalue weighted by molar-refractivity contribution is 0.177. The Kier molecular flexibility index (Phi) is 4.30. The van der Waals surface area contributed by atoms with Crippen LogP contribution in [-0.2, 0) is 0 Å². The highest BCUT2D eigenvalue weighted by molar-refractivity contribution is 5.91. The molecule has 1 aromatic rings. The first-order valence-corrected chi connectivity index (χ1v) is 6.78. The summed E-state index contributed by atoms with van der Waals surface area (Å²) < 4.78 is 5.20. The average Bonchev–Trinajstić information content (AvgIpc) is 2.45. The molecule has 1 aliphatic heterocycles. The summed E-state index contributed by atoms with van der Waals surface area (Å²) in [5.74, 6) is 1.36. The van der Waals surface area contributed by atoms with Gasteiger partial charge in [-0.2, -0.15) is 0 Å². The molecule has 1 atom stereocenters. The second-order valence-electron chi connectivity index (χ2n) is 5.24. The molecule has 0 saturated carbocycles. The highest BCUT2D eigenvalue weighted by Gasteiger charge is 2.24. The lowest BCUT2D eigenvalue weighted by atomic mass is 10.0. The summed E-state index contributed by atoms with van der Waals surface area (Å²) in [7, 11) is 3.45. The number of methoxy groups -OCH3 is 1. The van der Waals surface area contributed by atoms with Gasteiger partial charge in [0.2, 0.25) is 0 Å². The van der Waals surface area contributed by atoms with Crippen molar-refractivity contribution in [2.24, 2.45) is 5.92 Å². The molecule has 2 rings (SSSR count).